The Labute approximate surface area is 320 Å². The molecule has 8 aromatic carbocycles. The fraction of sp³-hybridized carbons (Fsp3) is 0.0588. The molecule has 0 spiro atoms. The SMILES string of the molecule is C[Si](C)(C)c1cccc2c1oc1c(-c3ccc4c(c3)c3cc(-c5ccc6c(c5)c5ccccc5n6-c5ccccc5)ccc3n4-c3ccccc3)cccc12. The molecule has 0 saturated heterocycles. The largest absolute Gasteiger partial charge is 0.456 e. The molecule has 0 unspecified atom stereocenters. The summed E-state index contributed by atoms with van der Waals surface area (Å²) in [6.07, 6.45) is 0. The van der Waals surface area contributed by atoms with Gasteiger partial charge in [0.15, 0.2) is 0 Å². The van der Waals surface area contributed by atoms with E-state index in [1.54, 1.807) is 0 Å². The highest BCUT2D eigenvalue weighted by molar-refractivity contribution is 6.90. The molecule has 55 heavy (non-hydrogen) atoms. The summed E-state index contributed by atoms with van der Waals surface area (Å²) in [5.41, 5.74) is 13.8. The Hall–Kier alpha value is -6.62. The Bertz CT molecular complexity index is 3290. The number of furan rings is 1. The molecule has 0 fully saturated rings. The van der Waals surface area contributed by atoms with E-state index in [4.69, 9.17) is 4.42 Å². The average molecular weight is 723 g/mol. The van der Waals surface area contributed by atoms with Gasteiger partial charge in [-0.25, -0.2) is 0 Å². The fourth-order valence-electron chi connectivity index (χ4n) is 8.87. The molecule has 0 saturated carbocycles. The second kappa shape index (κ2) is 11.9. The van der Waals surface area contributed by atoms with Crippen molar-refractivity contribution in [3.63, 3.8) is 0 Å². The Kier molecular flexibility index (Phi) is 6.92. The van der Waals surface area contributed by atoms with Crippen molar-refractivity contribution in [1.29, 1.82) is 0 Å². The van der Waals surface area contributed by atoms with Crippen molar-refractivity contribution in [3.05, 3.63) is 176 Å². The summed E-state index contributed by atoms with van der Waals surface area (Å²) < 4.78 is 11.6. The van der Waals surface area contributed by atoms with Crippen LogP contribution in [-0.4, -0.2) is 17.2 Å². The molecule has 0 amide bonds. The van der Waals surface area contributed by atoms with Crippen LogP contribution >= 0.6 is 0 Å². The molecular formula is C51H38N2OSi. The number of hydrogen-bond donors (Lipinski definition) is 0. The lowest BCUT2D eigenvalue weighted by molar-refractivity contribution is 0.672. The normalized spacial score (nSPS) is 12.3. The maximum absolute atomic E-state index is 6.87. The van der Waals surface area contributed by atoms with Gasteiger partial charge in [0.2, 0.25) is 0 Å². The highest BCUT2D eigenvalue weighted by Crippen LogP contribution is 2.41. The summed E-state index contributed by atoms with van der Waals surface area (Å²) in [4.78, 5) is 0. The zero-order valence-corrected chi connectivity index (χ0v) is 32.0. The molecule has 3 aromatic heterocycles. The lowest BCUT2D eigenvalue weighted by atomic mass is 9.98. The van der Waals surface area contributed by atoms with Crippen LogP contribution in [-0.2, 0) is 0 Å². The highest BCUT2D eigenvalue weighted by atomic mass is 28.3. The number of hydrogen-bond acceptors (Lipinski definition) is 1. The van der Waals surface area contributed by atoms with Crippen LogP contribution in [0.5, 0.6) is 0 Å². The number of nitrogens with zero attached hydrogens (tertiary/aromatic N) is 2. The summed E-state index contributed by atoms with van der Waals surface area (Å²) in [5.74, 6) is 0. The van der Waals surface area contributed by atoms with E-state index in [0.29, 0.717) is 0 Å². The summed E-state index contributed by atoms with van der Waals surface area (Å²) in [6, 6.07) is 64.2. The summed E-state index contributed by atoms with van der Waals surface area (Å²) in [6.45, 7) is 7.17. The zero-order valence-electron chi connectivity index (χ0n) is 31.0. The van der Waals surface area contributed by atoms with Gasteiger partial charge in [-0.3, -0.25) is 0 Å². The van der Waals surface area contributed by atoms with Gasteiger partial charge in [0.25, 0.3) is 0 Å². The number of para-hydroxylation sites is 5. The molecule has 0 N–H and O–H groups in total. The standard InChI is InChI=1S/C51H38N2OSi/c1-55(2,3)49-23-13-21-41-40-20-12-19-38(50(40)54-51(41)49)35-26-29-48-44(32-35)43-31-34(25-28-47(43)53(48)37-16-8-5-9-17-37)33-24-27-46-42(30-33)39-18-10-11-22-45(39)52(46)36-14-6-4-7-15-36/h4-32H,1-3H3. The third-order valence-electron chi connectivity index (χ3n) is 11.4. The molecule has 0 bridgehead atoms. The smallest absolute Gasteiger partial charge is 0.143 e. The van der Waals surface area contributed by atoms with E-state index >= 15 is 0 Å². The summed E-state index contributed by atoms with van der Waals surface area (Å²) in [7, 11) is -1.63. The van der Waals surface area contributed by atoms with Crippen molar-refractivity contribution in [1.82, 2.24) is 9.13 Å². The van der Waals surface area contributed by atoms with Crippen molar-refractivity contribution in [2.24, 2.45) is 0 Å². The van der Waals surface area contributed by atoms with Crippen LogP contribution in [0.15, 0.2) is 180 Å². The molecule has 262 valence electrons. The topological polar surface area (TPSA) is 23.0 Å². The minimum Gasteiger partial charge on any atom is -0.456 e. The molecule has 0 radical (unpaired) electrons. The molecule has 3 nitrogen and oxygen atoms in total. The first-order chi connectivity index (χ1) is 26.9. The third-order valence-corrected chi connectivity index (χ3v) is 13.5. The Morgan fingerprint density at radius 1 is 0.364 bits per heavy atom. The predicted molar refractivity (Wildman–Crippen MR) is 236 cm³/mol. The van der Waals surface area contributed by atoms with Crippen LogP contribution in [0.2, 0.25) is 19.6 Å². The quantitative estimate of drug-likeness (QED) is 0.162. The Morgan fingerprint density at radius 3 is 1.42 bits per heavy atom. The van der Waals surface area contributed by atoms with Crippen LogP contribution in [0.25, 0.3) is 99.2 Å². The van der Waals surface area contributed by atoms with E-state index in [1.807, 2.05) is 0 Å². The first-order valence-electron chi connectivity index (χ1n) is 19.1. The van der Waals surface area contributed by atoms with Gasteiger partial charge in [-0.15, -0.1) is 0 Å². The third kappa shape index (κ3) is 4.88. The van der Waals surface area contributed by atoms with Crippen LogP contribution in [0.1, 0.15) is 0 Å². The fourth-order valence-corrected chi connectivity index (χ4v) is 10.3. The lowest BCUT2D eigenvalue weighted by Gasteiger charge is -2.16. The molecule has 11 rings (SSSR count). The monoisotopic (exact) mass is 722 g/mol. The van der Waals surface area contributed by atoms with Crippen molar-refractivity contribution in [2.75, 3.05) is 0 Å². The lowest BCUT2D eigenvalue weighted by Crippen LogP contribution is -2.37. The molecule has 0 atom stereocenters. The number of aromatic nitrogens is 2. The van der Waals surface area contributed by atoms with E-state index < -0.39 is 8.07 Å². The van der Waals surface area contributed by atoms with Gasteiger partial charge in [-0.2, -0.15) is 0 Å². The van der Waals surface area contributed by atoms with Gasteiger partial charge in [-0.05, 0) is 88.6 Å². The molecule has 11 aromatic rings. The maximum atomic E-state index is 6.87. The van der Waals surface area contributed by atoms with Crippen LogP contribution in [0, 0.1) is 0 Å². The molecule has 4 heteroatoms. The zero-order chi connectivity index (χ0) is 36.8. The predicted octanol–water partition coefficient (Wildman–Crippen LogP) is 13.7. The van der Waals surface area contributed by atoms with Crippen molar-refractivity contribution < 1.29 is 4.42 Å². The molecular weight excluding hydrogens is 685 g/mol. The van der Waals surface area contributed by atoms with Crippen molar-refractivity contribution in [2.45, 2.75) is 19.6 Å². The van der Waals surface area contributed by atoms with E-state index in [9.17, 15) is 0 Å². The van der Waals surface area contributed by atoms with Gasteiger partial charge in [-0.1, -0.05) is 129 Å². The number of rotatable bonds is 5. The summed E-state index contributed by atoms with van der Waals surface area (Å²) >= 11 is 0. The Morgan fingerprint density at radius 2 is 0.818 bits per heavy atom. The van der Waals surface area contributed by atoms with Gasteiger partial charge in [0.1, 0.15) is 11.2 Å². The van der Waals surface area contributed by atoms with E-state index in [2.05, 4.69) is 205 Å². The number of fused-ring (bicyclic) bond motifs is 9. The van der Waals surface area contributed by atoms with Crippen LogP contribution in [0.4, 0.5) is 0 Å². The van der Waals surface area contributed by atoms with Crippen molar-refractivity contribution >= 4 is 78.8 Å². The average Bonchev–Trinajstić information content (AvgIpc) is 3.88. The molecule has 0 aliphatic carbocycles. The Balaban J connectivity index is 1.13. The summed E-state index contributed by atoms with van der Waals surface area (Å²) in [5, 5.41) is 8.69. The molecule has 0 aliphatic heterocycles. The number of benzene rings is 8. The second-order valence-electron chi connectivity index (χ2n) is 15.8. The van der Waals surface area contributed by atoms with Gasteiger partial charge >= 0.3 is 0 Å². The second-order valence-corrected chi connectivity index (χ2v) is 20.8. The molecule has 0 aliphatic rings. The minimum atomic E-state index is -1.63. The van der Waals surface area contributed by atoms with Gasteiger partial charge < -0.3 is 13.6 Å². The van der Waals surface area contributed by atoms with E-state index in [-0.39, 0.29) is 0 Å². The highest BCUT2D eigenvalue weighted by Gasteiger charge is 2.24. The molecule has 3 heterocycles. The van der Waals surface area contributed by atoms with E-state index in [1.165, 1.54) is 76.4 Å². The minimum absolute atomic E-state index is 0.956. The van der Waals surface area contributed by atoms with Gasteiger partial charge in [0, 0.05) is 49.3 Å². The first kappa shape index (κ1) is 31.9. The van der Waals surface area contributed by atoms with E-state index in [0.717, 1.165) is 28.0 Å². The maximum Gasteiger partial charge on any atom is 0.143 e. The van der Waals surface area contributed by atoms with Crippen LogP contribution in [0.3, 0.4) is 0 Å². The van der Waals surface area contributed by atoms with Gasteiger partial charge in [0.05, 0.1) is 30.1 Å². The van der Waals surface area contributed by atoms with Crippen molar-refractivity contribution in [3.8, 4) is 33.6 Å². The first-order valence-corrected chi connectivity index (χ1v) is 22.6. The van der Waals surface area contributed by atoms with Crippen LogP contribution < -0.4 is 5.19 Å².